The Balaban J connectivity index is 3.03. The molecule has 54 valence electrons. The number of nitrogen functional groups attached to an aromatic ring is 1. The lowest BCUT2D eigenvalue weighted by atomic mass is 10.0. The monoisotopic (exact) mass is 136 g/mol. The van der Waals surface area contributed by atoms with Gasteiger partial charge in [-0.2, -0.15) is 0 Å². The maximum absolute atomic E-state index is 5.68. The first-order valence-corrected chi connectivity index (χ1v) is 3.41. The average Bonchev–Trinajstić information content (AvgIpc) is 1.88. The highest BCUT2D eigenvalue weighted by Gasteiger charge is 2.01. The Kier molecular flexibility index (Phi) is 1.90. The number of nitrogens with two attached hydrogens (primary N) is 1. The van der Waals surface area contributed by atoms with Gasteiger partial charge in [-0.3, -0.25) is 4.98 Å². The zero-order chi connectivity index (χ0) is 7.56. The third kappa shape index (κ3) is 1.26. The van der Waals surface area contributed by atoms with Gasteiger partial charge in [0.1, 0.15) is 0 Å². The molecule has 1 aromatic rings. The number of aromatic nitrogens is 1. The number of nitrogens with zero attached hydrogens (tertiary/aromatic N) is 1. The van der Waals surface area contributed by atoms with Crippen molar-refractivity contribution in [3.05, 3.63) is 24.0 Å². The predicted molar refractivity (Wildman–Crippen MR) is 42.7 cm³/mol. The SMILES string of the molecule is CC(C)c1cnccc1N. The van der Waals surface area contributed by atoms with Gasteiger partial charge in [0, 0.05) is 18.1 Å². The quantitative estimate of drug-likeness (QED) is 0.639. The largest absolute Gasteiger partial charge is 0.398 e. The molecule has 0 saturated heterocycles. The van der Waals surface area contributed by atoms with Crippen LogP contribution in [0.15, 0.2) is 18.5 Å². The highest BCUT2D eigenvalue weighted by Crippen LogP contribution is 2.18. The van der Waals surface area contributed by atoms with E-state index in [0.29, 0.717) is 5.92 Å². The summed E-state index contributed by atoms with van der Waals surface area (Å²) in [6.07, 6.45) is 3.53. The first-order valence-electron chi connectivity index (χ1n) is 3.41. The highest BCUT2D eigenvalue weighted by atomic mass is 14.7. The van der Waals surface area contributed by atoms with Crippen LogP contribution in [0.2, 0.25) is 0 Å². The fourth-order valence-corrected chi connectivity index (χ4v) is 0.900. The second-order valence-corrected chi connectivity index (χ2v) is 2.66. The number of hydrogen-bond acceptors (Lipinski definition) is 2. The number of anilines is 1. The van der Waals surface area contributed by atoms with Crippen LogP contribution in [-0.2, 0) is 0 Å². The lowest BCUT2D eigenvalue weighted by molar-refractivity contribution is 0.862. The van der Waals surface area contributed by atoms with Crippen molar-refractivity contribution >= 4 is 5.69 Å². The van der Waals surface area contributed by atoms with Crippen LogP contribution in [-0.4, -0.2) is 4.98 Å². The van der Waals surface area contributed by atoms with Crippen LogP contribution in [0.5, 0.6) is 0 Å². The van der Waals surface area contributed by atoms with Gasteiger partial charge < -0.3 is 5.73 Å². The van der Waals surface area contributed by atoms with Crippen molar-refractivity contribution < 1.29 is 0 Å². The summed E-state index contributed by atoms with van der Waals surface area (Å²) >= 11 is 0. The summed E-state index contributed by atoms with van der Waals surface area (Å²) in [7, 11) is 0. The smallest absolute Gasteiger partial charge is 0.0380 e. The van der Waals surface area contributed by atoms with Gasteiger partial charge in [-0.15, -0.1) is 0 Å². The van der Waals surface area contributed by atoms with E-state index < -0.39 is 0 Å². The van der Waals surface area contributed by atoms with Crippen LogP contribution in [0.1, 0.15) is 25.3 Å². The van der Waals surface area contributed by atoms with Crippen molar-refractivity contribution in [1.82, 2.24) is 4.98 Å². The molecule has 0 aliphatic rings. The van der Waals surface area contributed by atoms with Crippen molar-refractivity contribution in [1.29, 1.82) is 0 Å². The van der Waals surface area contributed by atoms with Gasteiger partial charge in [0.25, 0.3) is 0 Å². The van der Waals surface area contributed by atoms with Gasteiger partial charge >= 0.3 is 0 Å². The molecule has 0 amide bonds. The summed E-state index contributed by atoms with van der Waals surface area (Å²) in [5, 5.41) is 0. The van der Waals surface area contributed by atoms with Crippen molar-refractivity contribution in [2.45, 2.75) is 19.8 Å². The lowest BCUT2D eigenvalue weighted by Crippen LogP contribution is -1.96. The molecule has 10 heavy (non-hydrogen) atoms. The summed E-state index contributed by atoms with van der Waals surface area (Å²) < 4.78 is 0. The molecule has 2 N–H and O–H groups in total. The predicted octanol–water partition coefficient (Wildman–Crippen LogP) is 1.79. The standard InChI is InChI=1S/C8H12N2/c1-6(2)7-5-10-4-3-8(7)9/h3-6H,1-2H3,(H2,9,10). The van der Waals surface area contributed by atoms with Gasteiger partial charge in [-0.25, -0.2) is 0 Å². The first-order chi connectivity index (χ1) is 4.72. The van der Waals surface area contributed by atoms with Crippen molar-refractivity contribution in [3.63, 3.8) is 0 Å². The van der Waals surface area contributed by atoms with Crippen LogP contribution >= 0.6 is 0 Å². The van der Waals surface area contributed by atoms with Gasteiger partial charge in [0.2, 0.25) is 0 Å². The van der Waals surface area contributed by atoms with Gasteiger partial charge in [-0.05, 0) is 17.5 Å². The molecule has 0 fully saturated rings. The third-order valence-corrected chi connectivity index (χ3v) is 1.51. The van der Waals surface area contributed by atoms with Crippen LogP contribution in [0.3, 0.4) is 0 Å². The van der Waals surface area contributed by atoms with E-state index in [1.807, 2.05) is 12.3 Å². The highest BCUT2D eigenvalue weighted by molar-refractivity contribution is 5.45. The van der Waals surface area contributed by atoms with Crippen LogP contribution < -0.4 is 5.73 Å². The van der Waals surface area contributed by atoms with Crippen LogP contribution in [0.25, 0.3) is 0 Å². The van der Waals surface area contributed by atoms with Crippen LogP contribution in [0.4, 0.5) is 5.69 Å². The Labute approximate surface area is 61.1 Å². The summed E-state index contributed by atoms with van der Waals surface area (Å²) in [6, 6.07) is 1.83. The van der Waals surface area contributed by atoms with E-state index in [9.17, 15) is 0 Å². The van der Waals surface area contributed by atoms with E-state index in [-0.39, 0.29) is 0 Å². The summed E-state index contributed by atoms with van der Waals surface area (Å²) in [5.41, 5.74) is 7.65. The summed E-state index contributed by atoms with van der Waals surface area (Å²) in [4.78, 5) is 3.99. The minimum absolute atomic E-state index is 0.466. The summed E-state index contributed by atoms with van der Waals surface area (Å²) in [5.74, 6) is 0.466. The average molecular weight is 136 g/mol. The number of pyridine rings is 1. The second kappa shape index (κ2) is 2.69. The number of rotatable bonds is 1. The Morgan fingerprint density at radius 2 is 2.20 bits per heavy atom. The summed E-state index contributed by atoms with van der Waals surface area (Å²) in [6.45, 7) is 4.21. The zero-order valence-electron chi connectivity index (χ0n) is 6.33. The van der Waals surface area contributed by atoms with Crippen molar-refractivity contribution in [2.24, 2.45) is 0 Å². The maximum atomic E-state index is 5.68. The zero-order valence-corrected chi connectivity index (χ0v) is 6.33. The molecule has 0 aromatic carbocycles. The molecular formula is C8H12N2. The second-order valence-electron chi connectivity index (χ2n) is 2.66. The van der Waals surface area contributed by atoms with E-state index in [2.05, 4.69) is 18.8 Å². The van der Waals surface area contributed by atoms with E-state index in [4.69, 9.17) is 5.73 Å². The Morgan fingerprint density at radius 1 is 1.50 bits per heavy atom. The molecule has 1 aromatic heterocycles. The maximum Gasteiger partial charge on any atom is 0.0380 e. The molecule has 1 rings (SSSR count). The van der Waals surface area contributed by atoms with E-state index in [0.717, 1.165) is 11.3 Å². The molecule has 0 spiro atoms. The van der Waals surface area contributed by atoms with Gasteiger partial charge in [0.15, 0.2) is 0 Å². The molecular weight excluding hydrogens is 124 g/mol. The fourth-order valence-electron chi connectivity index (χ4n) is 0.900. The normalized spacial score (nSPS) is 10.3. The molecule has 0 atom stereocenters. The Morgan fingerprint density at radius 3 is 2.60 bits per heavy atom. The third-order valence-electron chi connectivity index (χ3n) is 1.51. The minimum atomic E-state index is 0.466. The molecule has 0 aliphatic carbocycles. The topological polar surface area (TPSA) is 38.9 Å². The van der Waals surface area contributed by atoms with Crippen molar-refractivity contribution in [2.75, 3.05) is 5.73 Å². The molecule has 1 heterocycles. The number of hydrogen-bond donors (Lipinski definition) is 1. The lowest BCUT2D eigenvalue weighted by Gasteiger charge is -2.06. The molecule has 0 bridgehead atoms. The van der Waals surface area contributed by atoms with Gasteiger partial charge in [-0.1, -0.05) is 13.8 Å². The van der Waals surface area contributed by atoms with Crippen molar-refractivity contribution in [3.8, 4) is 0 Å². The molecule has 0 radical (unpaired) electrons. The van der Waals surface area contributed by atoms with E-state index in [1.54, 1.807) is 6.20 Å². The molecule has 0 unspecified atom stereocenters. The molecule has 0 aliphatic heterocycles. The Bertz CT molecular complexity index is 218. The molecule has 0 saturated carbocycles. The van der Waals surface area contributed by atoms with Crippen LogP contribution in [0, 0.1) is 0 Å². The fraction of sp³-hybridized carbons (Fsp3) is 0.375. The first kappa shape index (κ1) is 7.06. The Hall–Kier alpha value is -1.05. The van der Waals surface area contributed by atoms with E-state index >= 15 is 0 Å². The minimum Gasteiger partial charge on any atom is -0.398 e. The molecule has 2 nitrogen and oxygen atoms in total. The molecule has 2 heteroatoms. The van der Waals surface area contributed by atoms with E-state index in [1.165, 1.54) is 0 Å². The van der Waals surface area contributed by atoms with Gasteiger partial charge in [0.05, 0.1) is 0 Å².